The van der Waals surface area contributed by atoms with E-state index in [1.165, 1.54) is 10.4 Å². The Morgan fingerprint density at radius 3 is 3.06 bits per heavy atom. The van der Waals surface area contributed by atoms with Crippen molar-refractivity contribution in [2.45, 2.75) is 26.0 Å². The lowest BCUT2D eigenvalue weighted by Crippen LogP contribution is -2.38. The molecule has 0 spiro atoms. The Morgan fingerprint density at radius 2 is 2.44 bits per heavy atom. The van der Waals surface area contributed by atoms with Gasteiger partial charge in [-0.25, -0.2) is 0 Å². The lowest BCUT2D eigenvalue weighted by Gasteiger charge is -2.24. The third-order valence-corrected chi connectivity index (χ3v) is 4.03. The molecule has 3 nitrogen and oxygen atoms in total. The van der Waals surface area contributed by atoms with Gasteiger partial charge in [-0.05, 0) is 30.9 Å². The Labute approximate surface area is 101 Å². The van der Waals surface area contributed by atoms with Crippen LogP contribution in [-0.2, 0) is 9.47 Å². The van der Waals surface area contributed by atoms with Crippen LogP contribution in [0.3, 0.4) is 0 Å². The highest BCUT2D eigenvalue weighted by Crippen LogP contribution is 2.23. The Morgan fingerprint density at radius 1 is 1.56 bits per heavy atom. The van der Waals surface area contributed by atoms with E-state index in [9.17, 15) is 0 Å². The van der Waals surface area contributed by atoms with Crippen LogP contribution in [0.4, 0.5) is 0 Å². The number of rotatable bonds is 4. The van der Waals surface area contributed by atoms with E-state index in [1.807, 2.05) is 11.3 Å². The van der Waals surface area contributed by atoms with E-state index in [2.05, 4.69) is 30.6 Å². The van der Waals surface area contributed by atoms with Crippen LogP contribution in [0.25, 0.3) is 0 Å². The van der Waals surface area contributed by atoms with Crippen LogP contribution < -0.4 is 5.32 Å². The molecule has 2 atom stereocenters. The second-order valence-electron chi connectivity index (χ2n) is 4.17. The minimum absolute atomic E-state index is 0.205. The molecule has 0 saturated carbocycles. The molecule has 0 amide bonds. The molecule has 1 aliphatic heterocycles. The molecule has 4 heteroatoms. The lowest BCUT2D eigenvalue weighted by atomic mass is 10.2. The van der Waals surface area contributed by atoms with Crippen molar-refractivity contribution in [2.24, 2.45) is 0 Å². The first-order valence-electron chi connectivity index (χ1n) is 5.74. The van der Waals surface area contributed by atoms with Gasteiger partial charge in [0, 0.05) is 17.5 Å². The van der Waals surface area contributed by atoms with Gasteiger partial charge in [0.25, 0.3) is 0 Å². The Kier molecular flexibility index (Phi) is 4.35. The summed E-state index contributed by atoms with van der Waals surface area (Å²) < 4.78 is 11.0. The maximum Gasteiger partial charge on any atom is 0.0933 e. The summed E-state index contributed by atoms with van der Waals surface area (Å²) in [6.07, 6.45) is 0.205. The molecule has 0 aromatic carbocycles. The van der Waals surface area contributed by atoms with Crippen LogP contribution in [0.15, 0.2) is 11.4 Å². The molecule has 0 radical (unpaired) electrons. The normalized spacial score (nSPS) is 23.2. The molecule has 2 rings (SSSR count). The van der Waals surface area contributed by atoms with Gasteiger partial charge in [0.05, 0.1) is 25.9 Å². The van der Waals surface area contributed by atoms with Gasteiger partial charge in [-0.1, -0.05) is 0 Å². The smallest absolute Gasteiger partial charge is 0.0933 e. The van der Waals surface area contributed by atoms with Crippen LogP contribution in [0.2, 0.25) is 0 Å². The van der Waals surface area contributed by atoms with Crippen LogP contribution in [0.1, 0.15) is 23.4 Å². The predicted molar refractivity (Wildman–Crippen MR) is 66.0 cm³/mol. The SMILES string of the molecule is Cc1ccsc1C(C)NCC1COCCO1. The number of hydrogen-bond donors (Lipinski definition) is 1. The highest BCUT2D eigenvalue weighted by molar-refractivity contribution is 7.10. The van der Waals surface area contributed by atoms with Crippen LogP contribution >= 0.6 is 11.3 Å². The van der Waals surface area contributed by atoms with Crippen molar-refractivity contribution in [1.82, 2.24) is 5.32 Å². The Bertz CT molecular complexity index is 321. The van der Waals surface area contributed by atoms with Gasteiger partial charge in [-0.2, -0.15) is 0 Å². The Hall–Kier alpha value is -0.420. The van der Waals surface area contributed by atoms with Crippen molar-refractivity contribution in [3.05, 3.63) is 21.9 Å². The van der Waals surface area contributed by atoms with Gasteiger partial charge in [0.2, 0.25) is 0 Å². The van der Waals surface area contributed by atoms with Crippen molar-refractivity contribution >= 4 is 11.3 Å². The van der Waals surface area contributed by atoms with Gasteiger partial charge in [-0.3, -0.25) is 0 Å². The molecule has 1 aromatic rings. The fourth-order valence-electron chi connectivity index (χ4n) is 1.88. The molecule has 1 saturated heterocycles. The molecule has 1 aliphatic rings. The summed E-state index contributed by atoms with van der Waals surface area (Å²) in [5, 5.41) is 5.64. The summed E-state index contributed by atoms with van der Waals surface area (Å²) in [4.78, 5) is 1.41. The summed E-state index contributed by atoms with van der Waals surface area (Å²) >= 11 is 1.81. The number of hydrogen-bond acceptors (Lipinski definition) is 4. The maximum atomic E-state index is 5.59. The van der Waals surface area contributed by atoms with Gasteiger partial charge < -0.3 is 14.8 Å². The highest BCUT2D eigenvalue weighted by atomic mass is 32.1. The standard InChI is InChI=1S/C12H19NO2S/c1-9-3-6-16-12(9)10(2)13-7-11-8-14-4-5-15-11/h3,6,10-11,13H,4-5,7-8H2,1-2H3. The number of thiophene rings is 1. The topological polar surface area (TPSA) is 30.5 Å². The fraction of sp³-hybridized carbons (Fsp3) is 0.667. The van der Waals surface area contributed by atoms with Crippen molar-refractivity contribution in [2.75, 3.05) is 26.4 Å². The van der Waals surface area contributed by atoms with Crippen LogP contribution in [0, 0.1) is 6.92 Å². The number of nitrogens with one attached hydrogen (secondary N) is 1. The average Bonchev–Trinajstić information content (AvgIpc) is 2.74. The molecular formula is C12H19NO2S. The zero-order valence-corrected chi connectivity index (χ0v) is 10.7. The lowest BCUT2D eigenvalue weighted by molar-refractivity contribution is -0.0869. The summed E-state index contributed by atoms with van der Waals surface area (Å²) in [5.74, 6) is 0. The molecule has 90 valence electrons. The first kappa shape index (κ1) is 12.0. The molecule has 0 aliphatic carbocycles. The minimum atomic E-state index is 0.205. The molecule has 1 fully saturated rings. The summed E-state index contributed by atoms with van der Waals surface area (Å²) in [6.45, 7) is 7.38. The molecule has 1 aromatic heterocycles. The van der Waals surface area contributed by atoms with Crippen molar-refractivity contribution < 1.29 is 9.47 Å². The molecule has 2 unspecified atom stereocenters. The first-order valence-corrected chi connectivity index (χ1v) is 6.62. The van der Waals surface area contributed by atoms with Gasteiger partial charge in [0.1, 0.15) is 0 Å². The van der Waals surface area contributed by atoms with Crippen molar-refractivity contribution in [1.29, 1.82) is 0 Å². The molecule has 2 heterocycles. The van der Waals surface area contributed by atoms with E-state index in [4.69, 9.17) is 9.47 Å². The molecule has 1 N–H and O–H groups in total. The van der Waals surface area contributed by atoms with Gasteiger partial charge >= 0.3 is 0 Å². The predicted octanol–water partition coefficient (Wildman–Crippen LogP) is 2.12. The van der Waals surface area contributed by atoms with Crippen molar-refractivity contribution in [3.63, 3.8) is 0 Å². The molecule has 16 heavy (non-hydrogen) atoms. The van der Waals surface area contributed by atoms with Crippen LogP contribution in [-0.4, -0.2) is 32.5 Å². The average molecular weight is 241 g/mol. The summed E-state index contributed by atoms with van der Waals surface area (Å²) in [6, 6.07) is 2.56. The molecule has 0 bridgehead atoms. The maximum absolute atomic E-state index is 5.59. The number of aryl methyl sites for hydroxylation is 1. The van der Waals surface area contributed by atoms with E-state index >= 15 is 0 Å². The highest BCUT2D eigenvalue weighted by Gasteiger charge is 2.16. The third kappa shape index (κ3) is 3.04. The van der Waals surface area contributed by atoms with E-state index in [0.29, 0.717) is 12.6 Å². The first-order chi connectivity index (χ1) is 7.77. The van der Waals surface area contributed by atoms with Gasteiger partial charge in [0.15, 0.2) is 0 Å². The second-order valence-corrected chi connectivity index (χ2v) is 5.11. The monoisotopic (exact) mass is 241 g/mol. The second kappa shape index (κ2) is 5.77. The number of ether oxygens (including phenoxy) is 2. The summed E-state index contributed by atoms with van der Waals surface area (Å²) in [5.41, 5.74) is 1.37. The van der Waals surface area contributed by atoms with E-state index in [0.717, 1.165) is 19.8 Å². The Balaban J connectivity index is 1.79. The van der Waals surface area contributed by atoms with Crippen molar-refractivity contribution in [3.8, 4) is 0 Å². The zero-order valence-electron chi connectivity index (χ0n) is 9.86. The van der Waals surface area contributed by atoms with E-state index in [-0.39, 0.29) is 6.10 Å². The quantitative estimate of drug-likeness (QED) is 0.876. The van der Waals surface area contributed by atoms with Gasteiger partial charge in [-0.15, -0.1) is 11.3 Å². The fourth-order valence-corrected chi connectivity index (χ4v) is 2.84. The largest absolute Gasteiger partial charge is 0.376 e. The minimum Gasteiger partial charge on any atom is -0.376 e. The van der Waals surface area contributed by atoms with E-state index < -0.39 is 0 Å². The van der Waals surface area contributed by atoms with Crippen LogP contribution in [0.5, 0.6) is 0 Å². The zero-order chi connectivity index (χ0) is 11.4. The summed E-state index contributed by atoms with van der Waals surface area (Å²) in [7, 11) is 0. The van der Waals surface area contributed by atoms with E-state index in [1.54, 1.807) is 0 Å². The molecular weight excluding hydrogens is 222 g/mol. The third-order valence-electron chi connectivity index (χ3n) is 2.83.